The fraction of sp³-hybridized carbons (Fsp3) is 0.407. The Morgan fingerprint density at radius 3 is 1.80 bits per heavy atom. The van der Waals surface area contributed by atoms with Crippen molar-refractivity contribution in [1.82, 2.24) is 24.4 Å². The van der Waals surface area contributed by atoms with Gasteiger partial charge in [0.05, 0.1) is 33.4 Å². The van der Waals surface area contributed by atoms with Gasteiger partial charge >= 0.3 is 11.9 Å². The van der Waals surface area contributed by atoms with Crippen molar-refractivity contribution in [1.29, 1.82) is 0 Å². The lowest BCUT2D eigenvalue weighted by Gasteiger charge is -2.44. The molecule has 0 bridgehead atoms. The highest BCUT2D eigenvalue weighted by atomic mass is 28.4. The fourth-order valence-corrected chi connectivity index (χ4v) is 9.39. The number of benzene rings is 4. The number of amides is 1. The number of ether oxygens (including phenoxy) is 5. The summed E-state index contributed by atoms with van der Waals surface area (Å²) in [5.41, 5.74) is 1.98. The van der Waals surface area contributed by atoms with E-state index in [2.05, 4.69) is 74.8 Å². The maximum atomic E-state index is 13.3. The Morgan fingerprint density at radius 1 is 0.746 bits per heavy atom. The average Bonchev–Trinajstić information content (AvgIpc) is 3.96. The highest BCUT2D eigenvalue weighted by Gasteiger charge is 2.55. The van der Waals surface area contributed by atoms with Gasteiger partial charge in [-0.25, -0.2) is 15.0 Å². The van der Waals surface area contributed by atoms with Crippen LogP contribution in [0.5, 0.6) is 11.5 Å². The Morgan fingerprint density at radius 2 is 1.30 bits per heavy atom. The molecule has 71 heavy (non-hydrogen) atoms. The van der Waals surface area contributed by atoms with Crippen LogP contribution in [0.2, 0.25) is 18.1 Å². The molecule has 0 spiro atoms. The van der Waals surface area contributed by atoms with Crippen molar-refractivity contribution in [2.45, 2.75) is 103 Å². The van der Waals surface area contributed by atoms with Crippen molar-refractivity contribution in [2.75, 3.05) is 45.8 Å². The summed E-state index contributed by atoms with van der Waals surface area (Å²) >= 11 is 0. The SMILES string of the molecule is CCN(CC)CC.COc1ccc(C(O[C@H]2[C@@H](O[Si](C)(C)C(C)(C)C)[C@H](n3cnc4c(NC(=O)c5ccccc5)ncnc43)O[C@@H]2COC(=O)CCC(=O)O)(c2ccccc2)c2ccc(OC)cc2)cc1. The van der Waals surface area contributed by atoms with Crippen LogP contribution in [-0.2, 0) is 33.8 Å². The quantitative estimate of drug-likeness (QED) is 0.0418. The van der Waals surface area contributed by atoms with Gasteiger partial charge in [-0.3, -0.25) is 19.0 Å². The molecule has 0 saturated carbocycles. The molecule has 3 heterocycles. The predicted molar refractivity (Wildman–Crippen MR) is 274 cm³/mol. The second-order valence-electron chi connectivity index (χ2n) is 18.6. The van der Waals surface area contributed by atoms with E-state index < -0.39 is 56.8 Å². The minimum absolute atomic E-state index is 0.191. The number of carboxylic acids is 1. The summed E-state index contributed by atoms with van der Waals surface area (Å²) in [7, 11) is 0.474. The Bertz CT molecular complexity index is 2600. The van der Waals surface area contributed by atoms with Gasteiger partial charge in [0.1, 0.15) is 48.3 Å². The van der Waals surface area contributed by atoms with E-state index in [1.165, 1.54) is 26.0 Å². The molecule has 1 amide bonds. The maximum Gasteiger partial charge on any atom is 0.306 e. The van der Waals surface area contributed by atoms with Gasteiger partial charge in [0.15, 0.2) is 31.5 Å². The van der Waals surface area contributed by atoms with Crippen LogP contribution in [0.1, 0.15) is 87.7 Å². The summed E-state index contributed by atoms with van der Waals surface area (Å²) in [4.78, 5) is 54.0. The summed E-state index contributed by atoms with van der Waals surface area (Å²) in [6.07, 6.45) is -1.73. The number of fused-ring (bicyclic) bond motifs is 1. The Hall–Kier alpha value is -6.50. The second kappa shape index (κ2) is 24.1. The van der Waals surface area contributed by atoms with Crippen LogP contribution in [0.4, 0.5) is 5.82 Å². The summed E-state index contributed by atoms with van der Waals surface area (Å²) in [5, 5.41) is 11.9. The number of hydrogen-bond acceptors (Lipinski definition) is 13. The molecule has 0 aliphatic carbocycles. The lowest BCUT2D eigenvalue weighted by Crippen LogP contribution is -2.52. The highest BCUT2D eigenvalue weighted by Crippen LogP contribution is 2.49. The molecule has 0 radical (unpaired) electrons. The molecule has 17 heteroatoms. The summed E-state index contributed by atoms with van der Waals surface area (Å²) in [6.45, 7) is 20.5. The largest absolute Gasteiger partial charge is 0.497 e. The van der Waals surface area contributed by atoms with Crippen molar-refractivity contribution >= 4 is 43.1 Å². The molecule has 2 aromatic heterocycles. The van der Waals surface area contributed by atoms with E-state index in [1.807, 2.05) is 84.9 Å². The molecule has 2 N–H and O–H groups in total. The third kappa shape index (κ3) is 12.7. The molecule has 7 rings (SSSR count). The number of esters is 1. The highest BCUT2D eigenvalue weighted by molar-refractivity contribution is 6.74. The first-order valence-corrected chi connectivity index (χ1v) is 26.9. The van der Waals surface area contributed by atoms with E-state index in [0.717, 1.165) is 16.7 Å². The first-order valence-electron chi connectivity index (χ1n) is 24.0. The summed E-state index contributed by atoms with van der Waals surface area (Å²) in [5.74, 6) is -0.741. The molecule has 16 nitrogen and oxygen atoms in total. The number of anilines is 1. The minimum Gasteiger partial charge on any atom is -0.497 e. The fourth-order valence-electron chi connectivity index (χ4n) is 8.11. The number of aromatic nitrogens is 4. The number of aliphatic carboxylic acids is 1. The normalized spacial score (nSPS) is 17.1. The zero-order chi connectivity index (χ0) is 51.3. The second-order valence-corrected chi connectivity index (χ2v) is 23.3. The van der Waals surface area contributed by atoms with Crippen LogP contribution in [0, 0.1) is 0 Å². The molecule has 1 fully saturated rings. The number of carbonyl (C=O) groups is 3. The topological polar surface area (TPSA) is 186 Å². The Kier molecular flexibility index (Phi) is 18.3. The van der Waals surface area contributed by atoms with Crippen LogP contribution in [0.3, 0.4) is 0 Å². The van der Waals surface area contributed by atoms with Gasteiger partial charge in [-0.05, 0) is 90.9 Å². The monoisotopic (exact) mass is 988 g/mol. The van der Waals surface area contributed by atoms with E-state index >= 15 is 0 Å². The van der Waals surface area contributed by atoms with Gasteiger partial charge in [0, 0.05) is 5.56 Å². The van der Waals surface area contributed by atoms with Gasteiger partial charge in [0.2, 0.25) is 0 Å². The molecule has 1 aliphatic rings. The van der Waals surface area contributed by atoms with Crippen molar-refractivity contribution in [3.8, 4) is 11.5 Å². The molecule has 1 saturated heterocycles. The van der Waals surface area contributed by atoms with Gasteiger partial charge in [-0.2, -0.15) is 0 Å². The number of hydrogen-bond donors (Lipinski definition) is 2. The third-order valence-electron chi connectivity index (χ3n) is 13.2. The third-order valence-corrected chi connectivity index (χ3v) is 17.7. The van der Waals surface area contributed by atoms with Gasteiger partial charge in [-0.1, -0.05) is 114 Å². The number of imidazole rings is 1. The maximum absolute atomic E-state index is 13.3. The first-order chi connectivity index (χ1) is 34.0. The Balaban J connectivity index is 0.00000110. The van der Waals surface area contributed by atoms with E-state index in [9.17, 15) is 19.5 Å². The van der Waals surface area contributed by atoms with Crippen molar-refractivity contribution < 1.29 is 47.6 Å². The molecular formula is C54H68N6O10Si. The van der Waals surface area contributed by atoms with Gasteiger partial charge in [-0.15, -0.1) is 0 Å². The van der Waals surface area contributed by atoms with Crippen molar-refractivity contribution in [2.24, 2.45) is 0 Å². The van der Waals surface area contributed by atoms with E-state index in [-0.39, 0.29) is 29.8 Å². The van der Waals surface area contributed by atoms with E-state index in [0.29, 0.717) is 28.2 Å². The van der Waals surface area contributed by atoms with Crippen molar-refractivity contribution in [3.63, 3.8) is 0 Å². The van der Waals surface area contributed by atoms with E-state index in [4.69, 9.17) is 33.1 Å². The smallest absolute Gasteiger partial charge is 0.306 e. The lowest BCUT2D eigenvalue weighted by molar-refractivity contribution is -0.156. The number of carboxylic acid groups (broad SMARTS) is 1. The average molecular weight is 989 g/mol. The lowest BCUT2D eigenvalue weighted by atomic mass is 9.79. The molecular weight excluding hydrogens is 921 g/mol. The summed E-state index contributed by atoms with van der Waals surface area (Å²) in [6, 6.07) is 33.8. The predicted octanol–water partition coefficient (Wildman–Crippen LogP) is 9.52. The molecule has 0 unspecified atom stereocenters. The molecule has 6 aromatic rings. The van der Waals surface area contributed by atoms with Crippen LogP contribution >= 0.6 is 0 Å². The zero-order valence-corrected chi connectivity index (χ0v) is 43.5. The minimum atomic E-state index is -2.73. The van der Waals surface area contributed by atoms with Crippen LogP contribution < -0.4 is 14.8 Å². The number of methoxy groups -OCH3 is 2. The number of nitrogens with zero attached hydrogens (tertiary/aromatic N) is 5. The number of rotatable bonds is 20. The van der Waals surface area contributed by atoms with Crippen LogP contribution in [0.15, 0.2) is 122 Å². The summed E-state index contributed by atoms with van der Waals surface area (Å²) < 4.78 is 40.9. The first kappa shape index (κ1) is 53.8. The van der Waals surface area contributed by atoms with Gasteiger partial charge < -0.3 is 43.4 Å². The standard InChI is InChI=1S/C48H53N5O10Si.C6H15N/c1-47(2,3)64(6,7)63-42-41(62-48(32-16-12-9-13-17-32,33-18-22-35(58-4)23-19-33)34-20-24-36(59-5)25-21-34)37(28-60-39(56)27-26-38(54)55)61-46(42)53-30-51-40-43(49-29-50-44(40)53)52-45(57)31-14-10-8-11-15-31;1-4-7(5-2)6-3/h8-25,29-30,37,41-42,46H,26-28H2,1-7H3,(H,54,55)(H,49,50,52,57);4-6H2,1-3H3/t37-,41-,42-,46-;/m1./s1. The van der Waals surface area contributed by atoms with Crippen LogP contribution in [-0.4, -0.2) is 114 Å². The van der Waals surface area contributed by atoms with Crippen LogP contribution in [0.25, 0.3) is 11.2 Å². The molecule has 4 atom stereocenters. The number of nitrogens with one attached hydrogen (secondary N) is 1. The molecule has 4 aromatic carbocycles. The molecule has 378 valence electrons. The molecule has 1 aliphatic heterocycles. The van der Waals surface area contributed by atoms with Crippen molar-refractivity contribution in [3.05, 3.63) is 144 Å². The Labute approximate surface area is 417 Å². The number of carbonyl (C=O) groups excluding carboxylic acids is 2. The zero-order valence-electron chi connectivity index (χ0n) is 42.5. The van der Waals surface area contributed by atoms with Gasteiger partial charge in [0.25, 0.3) is 5.91 Å². The van der Waals surface area contributed by atoms with E-state index in [1.54, 1.807) is 49.4 Å².